The van der Waals surface area contributed by atoms with Gasteiger partial charge in [0, 0.05) is 106 Å². The molecule has 2 aliphatic carbocycles. The first kappa shape index (κ1) is 74.4. The van der Waals surface area contributed by atoms with Crippen LogP contribution in [0.25, 0.3) is 194 Å². The molecule has 25 rings (SSSR count). The van der Waals surface area contributed by atoms with E-state index < -0.39 is 6.17 Å². The van der Waals surface area contributed by atoms with Crippen LogP contribution in [0.2, 0.25) is 0 Å². The van der Waals surface area contributed by atoms with Gasteiger partial charge >= 0.3 is 0 Å². The predicted molar refractivity (Wildman–Crippen MR) is 535 cm³/mol. The first-order valence-electron chi connectivity index (χ1n) is 44.5. The standard InChI is InChI=1S/C120H84N8/c121-119(98-40-20-24-44-109(98)128-108-43-23-19-39-95(108)97-61-52-88(75-116(97)128)87-51-60-96-94-38-18-22-42-107(94)126(115(96)74-87)91-35-14-5-15-36-91)122-105-62-53-80-30-16-17-37-92(80)100(105)68-76-46-48-79(49-47-76)82-50-59-93-89(69-82)54-63-106-117(93)118(81-31-10-3-11-32-81)124-120(123-106)99-41-21-25-45-110(99)127-113-66-56-84(78-28-8-2-9-29-78)71-103(113)104-73-86(58-67-114(104)127)85-57-65-112-102(72-85)101-70-83(77-26-6-1-7-27-77)55-64-111(101)125(112)90-33-12-4-13-34-90/h1-54,56-63,65-67,69-74,88,119,122H,55,64,68,75,121H2. The smallest absolute Gasteiger partial charge is 0.162 e. The summed E-state index contributed by atoms with van der Waals surface area (Å²) in [5, 5.41) is 16.8. The van der Waals surface area contributed by atoms with E-state index in [9.17, 15) is 0 Å². The summed E-state index contributed by atoms with van der Waals surface area (Å²) in [7, 11) is 0. The second kappa shape index (κ2) is 30.6. The van der Waals surface area contributed by atoms with Gasteiger partial charge in [-0.05, 0) is 223 Å². The highest BCUT2D eigenvalue weighted by molar-refractivity contribution is 6.16. The van der Waals surface area contributed by atoms with Gasteiger partial charge in [0.2, 0.25) is 0 Å². The summed E-state index contributed by atoms with van der Waals surface area (Å²) in [6, 6.07) is 151. The quantitative estimate of drug-likeness (QED) is 0.0746. The first-order valence-corrected chi connectivity index (χ1v) is 44.5. The number of hydrogen-bond acceptors (Lipinski definition) is 4. The zero-order chi connectivity index (χ0) is 84.4. The largest absolute Gasteiger partial charge is 0.366 e. The van der Waals surface area contributed by atoms with E-state index in [1.54, 1.807) is 0 Å². The van der Waals surface area contributed by atoms with Crippen molar-refractivity contribution < 1.29 is 0 Å². The number of allylic oxidation sites excluding steroid dienone is 2. The molecule has 18 aromatic carbocycles. The van der Waals surface area contributed by atoms with Gasteiger partial charge in [0.05, 0.1) is 55.7 Å². The first-order chi connectivity index (χ1) is 63.4. The van der Waals surface area contributed by atoms with Crippen molar-refractivity contribution in [1.82, 2.24) is 28.2 Å². The summed E-state index contributed by atoms with van der Waals surface area (Å²) in [4.78, 5) is 11.4. The number of fused-ring (bicyclic) bond motifs is 16. The van der Waals surface area contributed by atoms with E-state index in [4.69, 9.17) is 15.7 Å². The molecule has 5 aromatic heterocycles. The van der Waals surface area contributed by atoms with Crippen molar-refractivity contribution in [2.24, 2.45) is 5.73 Å². The Morgan fingerprint density at radius 1 is 0.344 bits per heavy atom. The molecule has 2 unspecified atom stereocenters. The Bertz CT molecular complexity index is 8460. The number of nitrogens with one attached hydrogen (secondary N) is 1. The fourth-order valence-corrected chi connectivity index (χ4v) is 21.1. The highest BCUT2D eigenvalue weighted by atomic mass is 15.1. The van der Waals surface area contributed by atoms with Crippen molar-refractivity contribution in [1.29, 1.82) is 0 Å². The van der Waals surface area contributed by atoms with Crippen LogP contribution in [0.1, 0.15) is 68.8 Å². The minimum Gasteiger partial charge on any atom is -0.366 e. The number of aromatic nitrogens is 6. The van der Waals surface area contributed by atoms with Crippen LogP contribution in [0.4, 0.5) is 5.69 Å². The van der Waals surface area contributed by atoms with Gasteiger partial charge in [-0.3, -0.25) is 0 Å². The zero-order valence-corrected chi connectivity index (χ0v) is 70.2. The van der Waals surface area contributed by atoms with Gasteiger partial charge in [0.25, 0.3) is 0 Å². The minimum atomic E-state index is -0.557. The number of nitrogens with zero attached hydrogens (tertiary/aromatic N) is 6. The number of anilines is 1. The van der Waals surface area contributed by atoms with E-state index in [0.717, 1.165) is 130 Å². The molecule has 0 fully saturated rings. The topological polar surface area (TPSA) is 83.6 Å². The van der Waals surface area contributed by atoms with Gasteiger partial charge in [0.1, 0.15) is 6.17 Å². The van der Waals surface area contributed by atoms with Crippen molar-refractivity contribution in [2.45, 2.75) is 37.8 Å². The number of benzene rings is 18. The zero-order valence-electron chi connectivity index (χ0n) is 70.2. The lowest BCUT2D eigenvalue weighted by Crippen LogP contribution is -2.23. The molecule has 604 valence electrons. The van der Waals surface area contributed by atoms with Crippen LogP contribution in [0.5, 0.6) is 0 Å². The maximum Gasteiger partial charge on any atom is 0.162 e. The van der Waals surface area contributed by atoms with Crippen molar-refractivity contribution in [3.8, 4) is 78.8 Å². The summed E-state index contributed by atoms with van der Waals surface area (Å²) >= 11 is 0. The van der Waals surface area contributed by atoms with E-state index in [0.29, 0.717) is 12.2 Å². The molecule has 8 nitrogen and oxygen atoms in total. The summed E-state index contributed by atoms with van der Waals surface area (Å²) in [5.74, 6) is 0.792. The number of para-hydroxylation sites is 6. The lowest BCUT2D eigenvalue weighted by Gasteiger charge is -2.25. The number of rotatable bonds is 16. The van der Waals surface area contributed by atoms with Crippen molar-refractivity contribution >= 4 is 121 Å². The van der Waals surface area contributed by atoms with Gasteiger partial charge in [0.15, 0.2) is 5.82 Å². The molecule has 0 saturated carbocycles. The molecule has 5 heterocycles. The van der Waals surface area contributed by atoms with E-state index in [1.165, 1.54) is 121 Å². The summed E-state index contributed by atoms with van der Waals surface area (Å²) in [6.45, 7) is 0. The highest BCUT2D eigenvalue weighted by Gasteiger charge is 2.30. The molecule has 23 aromatic rings. The van der Waals surface area contributed by atoms with E-state index in [1.807, 2.05) is 0 Å². The molecule has 0 saturated heterocycles. The van der Waals surface area contributed by atoms with Crippen LogP contribution in [0.15, 0.2) is 419 Å². The fraction of sp³-hybridized carbons (Fsp3) is 0.0500. The van der Waals surface area contributed by atoms with Gasteiger partial charge in [-0.25, -0.2) is 9.97 Å². The highest BCUT2D eigenvalue weighted by Crippen LogP contribution is 2.48. The Labute approximate surface area is 741 Å². The van der Waals surface area contributed by atoms with Crippen molar-refractivity contribution in [3.05, 3.63) is 469 Å². The second-order valence-corrected chi connectivity index (χ2v) is 34.4. The Morgan fingerprint density at radius 2 is 0.883 bits per heavy atom. The van der Waals surface area contributed by atoms with Crippen LogP contribution in [-0.4, -0.2) is 28.2 Å². The molecule has 3 N–H and O–H groups in total. The molecule has 2 atom stereocenters. The van der Waals surface area contributed by atoms with E-state index in [-0.39, 0.29) is 5.92 Å². The molecule has 2 aliphatic rings. The summed E-state index contributed by atoms with van der Waals surface area (Å²) in [6.07, 6.45) is 10.1. The van der Waals surface area contributed by atoms with Gasteiger partial charge < -0.3 is 29.3 Å². The van der Waals surface area contributed by atoms with Crippen LogP contribution in [0.3, 0.4) is 0 Å². The third-order valence-electron chi connectivity index (χ3n) is 27.1. The van der Waals surface area contributed by atoms with Crippen LogP contribution >= 0.6 is 0 Å². The molecular weight excluding hydrogens is 1550 g/mol. The van der Waals surface area contributed by atoms with Crippen LogP contribution in [0, 0.1) is 0 Å². The van der Waals surface area contributed by atoms with Gasteiger partial charge in [-0.15, -0.1) is 0 Å². The number of hydrogen-bond donors (Lipinski definition) is 2. The third kappa shape index (κ3) is 12.5. The lowest BCUT2D eigenvalue weighted by atomic mass is 9.87. The molecule has 0 spiro atoms. The Morgan fingerprint density at radius 3 is 1.62 bits per heavy atom. The molecule has 0 radical (unpaired) electrons. The molecular formula is C120H84N8. The Kier molecular flexibility index (Phi) is 17.8. The van der Waals surface area contributed by atoms with Crippen molar-refractivity contribution in [2.75, 3.05) is 5.32 Å². The molecule has 128 heavy (non-hydrogen) atoms. The molecule has 8 heteroatoms. The summed E-state index contributed by atoms with van der Waals surface area (Å²) in [5.41, 5.74) is 43.2. The SMILES string of the molecule is NC(Nc1ccc2ccccc2c1Cc1ccc(-c2ccc3c(ccc4nc(-c5ccccc5-n5c6ccc(-c7ccccc7)cc6c6cc(-c7ccc8c(c7)c7c(n8-c8ccccc8)CCC(c8ccccc8)=C7)ccc65)nc(-c5ccccc5)c43)c2)cc1)c1ccccc1-n1c2c(c3ccccc31)C=CC(c1ccc3c4ccccc4n(-c4ccccc4)c3c1)C2. The Hall–Kier alpha value is -16.3. The molecule has 0 aliphatic heterocycles. The van der Waals surface area contributed by atoms with E-state index in [2.05, 4.69) is 454 Å². The van der Waals surface area contributed by atoms with Gasteiger partial charge in [-0.1, -0.05) is 309 Å². The average Bonchev–Trinajstić information content (AvgIpc) is 1.58. The van der Waals surface area contributed by atoms with Gasteiger partial charge in [-0.2, -0.15) is 0 Å². The predicted octanol–water partition coefficient (Wildman–Crippen LogP) is 29.9. The minimum absolute atomic E-state index is 0.138. The van der Waals surface area contributed by atoms with E-state index >= 15 is 0 Å². The fourth-order valence-electron chi connectivity index (χ4n) is 21.1. The van der Waals surface area contributed by atoms with Crippen molar-refractivity contribution in [3.63, 3.8) is 0 Å². The molecule has 0 amide bonds. The molecule has 0 bridgehead atoms. The lowest BCUT2D eigenvalue weighted by molar-refractivity contribution is 0.770. The summed E-state index contributed by atoms with van der Waals surface area (Å²) < 4.78 is 9.84. The number of nitrogens with two attached hydrogens (primary N) is 1. The maximum atomic E-state index is 7.63. The average molecular weight is 1640 g/mol. The monoisotopic (exact) mass is 1640 g/mol. The normalized spacial score (nSPS) is 13.5. The second-order valence-electron chi connectivity index (χ2n) is 34.4. The maximum absolute atomic E-state index is 7.63. The Balaban J connectivity index is 0.533. The third-order valence-corrected chi connectivity index (χ3v) is 27.1. The van der Waals surface area contributed by atoms with Crippen LogP contribution in [-0.2, 0) is 19.3 Å². The van der Waals surface area contributed by atoms with Crippen LogP contribution < -0.4 is 11.1 Å².